The molecule has 27 heavy (non-hydrogen) atoms. The van der Waals surface area contributed by atoms with Crippen LogP contribution in [-0.2, 0) is 19.1 Å². The van der Waals surface area contributed by atoms with E-state index in [-0.39, 0.29) is 24.1 Å². The second kappa shape index (κ2) is 13.0. The van der Waals surface area contributed by atoms with E-state index in [2.05, 4.69) is 27.6 Å². The summed E-state index contributed by atoms with van der Waals surface area (Å²) >= 11 is 1.71. The van der Waals surface area contributed by atoms with Gasteiger partial charge >= 0.3 is 11.9 Å². The first-order chi connectivity index (χ1) is 13.0. The normalized spacial score (nSPS) is 19.3. The van der Waals surface area contributed by atoms with Gasteiger partial charge in [-0.25, -0.2) is 0 Å². The van der Waals surface area contributed by atoms with E-state index < -0.39 is 0 Å². The first-order valence-corrected chi connectivity index (χ1v) is 9.77. The largest absolute Gasteiger partial charge is 0.468 e. The predicted molar refractivity (Wildman–Crippen MR) is 109 cm³/mol. The third kappa shape index (κ3) is 9.30. The summed E-state index contributed by atoms with van der Waals surface area (Å²) in [6.45, 7) is 4.43. The molecule has 6 nitrogen and oxygen atoms in total. The van der Waals surface area contributed by atoms with Crippen LogP contribution in [0, 0.1) is 5.41 Å². The fourth-order valence-electron chi connectivity index (χ4n) is 2.35. The Hall–Kier alpha value is -2.25. The summed E-state index contributed by atoms with van der Waals surface area (Å²) in [7, 11) is 1.35. The van der Waals surface area contributed by atoms with Crippen molar-refractivity contribution in [1.82, 2.24) is 5.32 Å². The van der Waals surface area contributed by atoms with Crippen molar-refractivity contribution in [2.45, 2.75) is 45.3 Å². The zero-order valence-corrected chi connectivity index (χ0v) is 16.9. The Balaban J connectivity index is 0.000000277. The molecule has 2 atom stereocenters. The average molecular weight is 393 g/mol. The monoisotopic (exact) mass is 392 g/mol. The molecule has 0 radical (unpaired) electrons. The first kappa shape index (κ1) is 22.8. The van der Waals surface area contributed by atoms with Crippen molar-refractivity contribution in [2.24, 2.45) is 0 Å². The molecule has 1 aromatic heterocycles. The minimum Gasteiger partial charge on any atom is -0.468 e. The smallest absolute Gasteiger partial charge is 0.323 e. The number of rotatable bonds is 7. The summed E-state index contributed by atoms with van der Waals surface area (Å²) < 4.78 is 9.76. The van der Waals surface area contributed by atoms with Crippen molar-refractivity contribution in [1.29, 1.82) is 5.41 Å². The van der Waals surface area contributed by atoms with Crippen molar-refractivity contribution in [3.8, 4) is 0 Å². The number of hydrogen-bond acceptors (Lipinski definition) is 7. The molecule has 0 saturated carbocycles. The Bertz CT molecular complexity index is 653. The molecular formula is C20H28N2O4S. The lowest BCUT2D eigenvalue weighted by Gasteiger charge is -2.10. The van der Waals surface area contributed by atoms with Crippen LogP contribution in [0.2, 0.25) is 0 Å². The van der Waals surface area contributed by atoms with Crippen molar-refractivity contribution in [3.05, 3.63) is 40.1 Å². The van der Waals surface area contributed by atoms with Crippen molar-refractivity contribution in [2.75, 3.05) is 13.7 Å². The van der Waals surface area contributed by atoms with Crippen LogP contribution in [0.25, 0.3) is 6.08 Å². The zero-order chi connectivity index (χ0) is 20.1. The molecule has 1 aliphatic rings. The molecule has 1 aliphatic heterocycles. The van der Waals surface area contributed by atoms with Gasteiger partial charge in [0.15, 0.2) is 0 Å². The van der Waals surface area contributed by atoms with Gasteiger partial charge in [-0.15, -0.1) is 11.3 Å². The number of esters is 2. The Morgan fingerprint density at radius 2 is 2.22 bits per heavy atom. The maximum absolute atomic E-state index is 11.2. The van der Waals surface area contributed by atoms with Crippen molar-refractivity contribution >= 4 is 35.6 Å². The van der Waals surface area contributed by atoms with Crippen LogP contribution in [0.3, 0.4) is 0 Å². The van der Waals surface area contributed by atoms with Crippen LogP contribution in [0.15, 0.2) is 35.2 Å². The lowest BCUT2D eigenvalue weighted by atomic mass is 10.2. The quantitative estimate of drug-likeness (QED) is 0.421. The Morgan fingerprint density at radius 1 is 1.44 bits per heavy atom. The number of carbonyl (C=O) groups is 2. The van der Waals surface area contributed by atoms with Crippen LogP contribution in [0.1, 0.15) is 38.0 Å². The summed E-state index contributed by atoms with van der Waals surface area (Å²) in [5, 5.41) is 11.9. The molecule has 0 spiro atoms. The van der Waals surface area contributed by atoms with E-state index in [1.165, 1.54) is 18.2 Å². The average Bonchev–Trinajstić information content (AvgIpc) is 3.32. The highest BCUT2D eigenvalue weighted by molar-refractivity contribution is 7.10. The topological polar surface area (TPSA) is 88.5 Å². The van der Waals surface area contributed by atoms with Crippen LogP contribution in [-0.4, -0.2) is 44.0 Å². The molecule has 0 aromatic carbocycles. The third-order valence-corrected chi connectivity index (χ3v) is 4.57. The molecule has 0 aliphatic carbocycles. The summed E-state index contributed by atoms with van der Waals surface area (Å²) in [6.07, 6.45) is 8.64. The molecule has 0 amide bonds. The van der Waals surface area contributed by atoms with Crippen LogP contribution < -0.4 is 5.32 Å². The molecule has 2 heterocycles. The van der Waals surface area contributed by atoms with Gasteiger partial charge in [0.25, 0.3) is 0 Å². The number of ether oxygens (including phenoxy) is 2. The maximum Gasteiger partial charge on any atom is 0.323 e. The highest BCUT2D eigenvalue weighted by Crippen LogP contribution is 2.13. The predicted octanol–water partition coefficient (Wildman–Crippen LogP) is 3.59. The molecule has 1 fully saturated rings. The SMILES string of the molecule is CC(/C=C/c1cccs1)=C\C=N.CCCC(=O)OC1CNC(C(=O)OC)C1. The van der Waals surface area contributed by atoms with Crippen molar-refractivity contribution < 1.29 is 19.1 Å². The number of thiophene rings is 1. The Kier molecular flexibility index (Phi) is 11.0. The van der Waals surface area contributed by atoms with E-state index >= 15 is 0 Å². The number of methoxy groups -OCH3 is 1. The molecule has 148 valence electrons. The van der Waals surface area contributed by atoms with Crippen LogP contribution >= 0.6 is 11.3 Å². The van der Waals surface area contributed by atoms with E-state index in [0.29, 0.717) is 19.4 Å². The van der Waals surface area contributed by atoms with E-state index in [1.807, 2.05) is 26.0 Å². The van der Waals surface area contributed by atoms with Gasteiger partial charge in [0.2, 0.25) is 0 Å². The van der Waals surface area contributed by atoms with Gasteiger partial charge < -0.3 is 20.2 Å². The van der Waals surface area contributed by atoms with E-state index in [1.54, 1.807) is 17.4 Å². The number of nitrogens with one attached hydrogen (secondary N) is 2. The van der Waals surface area contributed by atoms with Crippen LogP contribution in [0.5, 0.6) is 0 Å². The van der Waals surface area contributed by atoms with Gasteiger partial charge in [0, 0.05) is 30.5 Å². The fraction of sp³-hybridized carbons (Fsp3) is 0.450. The van der Waals surface area contributed by atoms with E-state index in [4.69, 9.17) is 10.1 Å². The van der Waals surface area contributed by atoms with E-state index in [9.17, 15) is 9.59 Å². The molecule has 7 heteroatoms. The summed E-state index contributed by atoms with van der Waals surface area (Å²) in [5.41, 5.74) is 1.10. The third-order valence-electron chi connectivity index (χ3n) is 3.73. The first-order valence-electron chi connectivity index (χ1n) is 8.89. The molecule has 2 rings (SSSR count). The summed E-state index contributed by atoms with van der Waals surface area (Å²) in [6, 6.07) is 3.76. The second-order valence-corrected chi connectivity index (χ2v) is 6.99. The molecule has 1 saturated heterocycles. The molecule has 1 aromatic rings. The fourth-order valence-corrected chi connectivity index (χ4v) is 2.97. The minimum atomic E-state index is -0.338. The van der Waals surface area contributed by atoms with E-state index in [0.717, 1.165) is 12.0 Å². The maximum atomic E-state index is 11.2. The number of allylic oxidation sites excluding steroid dienone is 3. The summed E-state index contributed by atoms with van der Waals surface area (Å²) in [5.74, 6) is -0.501. The highest BCUT2D eigenvalue weighted by Gasteiger charge is 2.32. The van der Waals surface area contributed by atoms with Crippen LogP contribution in [0.4, 0.5) is 0 Å². The number of carbonyl (C=O) groups excluding carboxylic acids is 2. The van der Waals surface area contributed by atoms with Gasteiger partial charge in [-0.1, -0.05) is 19.1 Å². The minimum absolute atomic E-state index is 0.199. The van der Waals surface area contributed by atoms with Gasteiger partial charge in [0.05, 0.1) is 7.11 Å². The van der Waals surface area contributed by atoms with Gasteiger partial charge in [-0.05, 0) is 42.5 Å². The van der Waals surface area contributed by atoms with Gasteiger partial charge in [-0.3, -0.25) is 9.59 Å². The lowest BCUT2D eigenvalue weighted by molar-refractivity contribution is -0.149. The molecular weight excluding hydrogens is 364 g/mol. The standard InChI is InChI=1S/C10H17NO4.C10H11NS/c1-3-4-9(12)15-7-5-8(11-6-7)10(13)14-2;1-9(6-7-11)4-5-10-3-2-8-12-10/h7-8,11H,3-6H2,1-2H3;2-8,11H,1H3/b;5-4+,9-6+,11-7?. The molecule has 0 bridgehead atoms. The molecule has 2 unspecified atom stereocenters. The van der Waals surface area contributed by atoms with Gasteiger partial charge in [-0.2, -0.15) is 0 Å². The second-order valence-electron chi connectivity index (χ2n) is 6.01. The number of hydrogen-bond donors (Lipinski definition) is 2. The summed E-state index contributed by atoms with van der Waals surface area (Å²) in [4.78, 5) is 23.6. The Morgan fingerprint density at radius 3 is 2.81 bits per heavy atom. The zero-order valence-electron chi connectivity index (χ0n) is 16.1. The lowest BCUT2D eigenvalue weighted by Crippen LogP contribution is -2.31. The van der Waals surface area contributed by atoms with Gasteiger partial charge in [0.1, 0.15) is 12.1 Å². The Labute approximate surface area is 164 Å². The molecule has 2 N–H and O–H groups in total. The van der Waals surface area contributed by atoms with Crippen molar-refractivity contribution in [3.63, 3.8) is 0 Å². The highest BCUT2D eigenvalue weighted by atomic mass is 32.1.